The van der Waals surface area contributed by atoms with Crippen LogP contribution in [0.25, 0.3) is 22.3 Å². The van der Waals surface area contributed by atoms with E-state index in [9.17, 15) is 14.3 Å². The average molecular weight is 658 g/mol. The van der Waals surface area contributed by atoms with E-state index in [-0.39, 0.29) is 41.3 Å². The lowest BCUT2D eigenvalue weighted by molar-refractivity contribution is 0.0696. The Hall–Kier alpha value is -4.55. The highest BCUT2D eigenvalue weighted by atomic mass is 35.5. The van der Waals surface area contributed by atoms with Gasteiger partial charge in [-0.25, -0.2) is 36.7 Å². The van der Waals surface area contributed by atoms with Gasteiger partial charge in [0.05, 0.1) is 36.0 Å². The number of benzene rings is 3. The molecule has 2 aromatic heterocycles. The number of rotatable bonds is 8. The molecule has 1 saturated heterocycles. The summed E-state index contributed by atoms with van der Waals surface area (Å²) in [7, 11) is 0. The zero-order valence-electron chi connectivity index (χ0n) is 24.4. The van der Waals surface area contributed by atoms with Gasteiger partial charge in [0.2, 0.25) is 0 Å². The predicted molar refractivity (Wildman–Crippen MR) is 158 cm³/mol. The quantitative estimate of drug-likeness (QED) is 0.135. The molecule has 1 aliphatic heterocycles. The zero-order valence-corrected chi connectivity index (χ0v) is 25.1. The summed E-state index contributed by atoms with van der Waals surface area (Å²) in [4.78, 5) is 19.9. The highest BCUT2D eigenvalue weighted by Gasteiger charge is 2.39. The van der Waals surface area contributed by atoms with E-state index in [1.165, 1.54) is 10.6 Å². The van der Waals surface area contributed by atoms with Crippen molar-refractivity contribution in [2.45, 2.75) is 32.9 Å². The third-order valence-electron chi connectivity index (χ3n) is 8.00. The van der Waals surface area contributed by atoms with Crippen molar-refractivity contribution in [3.8, 4) is 17.1 Å². The molecule has 6 rings (SSSR count). The molecule has 1 atom stereocenters. The molecule has 1 N–H and O–H groups in total. The number of pyridine rings is 1. The van der Waals surface area contributed by atoms with Gasteiger partial charge in [-0.3, -0.25) is 0 Å². The fourth-order valence-corrected chi connectivity index (χ4v) is 5.65. The second-order valence-electron chi connectivity index (χ2n) is 11.6. The minimum atomic E-state index is -1.54. The van der Waals surface area contributed by atoms with Crippen molar-refractivity contribution in [1.29, 1.82) is 0 Å². The molecule has 46 heavy (non-hydrogen) atoms. The zero-order chi connectivity index (χ0) is 32.9. The second kappa shape index (κ2) is 12.0. The van der Waals surface area contributed by atoms with Gasteiger partial charge >= 0.3 is 5.97 Å². The summed E-state index contributed by atoms with van der Waals surface area (Å²) in [5.41, 5.74) is -1.92. The first-order chi connectivity index (χ1) is 21.8. The summed E-state index contributed by atoms with van der Waals surface area (Å²) in [6, 6.07) is 10.8. The minimum Gasteiger partial charge on any atom is -0.478 e. The van der Waals surface area contributed by atoms with Crippen LogP contribution in [0.3, 0.4) is 0 Å². The Morgan fingerprint density at radius 2 is 1.74 bits per heavy atom. The lowest BCUT2D eigenvalue weighted by Gasteiger charge is -2.28. The van der Waals surface area contributed by atoms with Gasteiger partial charge in [0.15, 0.2) is 23.3 Å². The van der Waals surface area contributed by atoms with E-state index in [0.29, 0.717) is 17.2 Å². The SMILES string of the molecule is CC1(C)COCC1n1c(Cc2c(F)cc(-c3ccc(F)c(OCc4ccc(Cl)cc4)n3)c(F)c2F)nc2c(F)cc(C(=O)O)cc21. The molecule has 0 amide bonds. The number of fused-ring (bicyclic) bond motifs is 1. The van der Waals surface area contributed by atoms with E-state index in [1.807, 2.05) is 13.8 Å². The number of aromatic carboxylic acids is 1. The van der Waals surface area contributed by atoms with E-state index < -0.39 is 69.9 Å². The van der Waals surface area contributed by atoms with Crippen LogP contribution in [0.1, 0.15) is 47.2 Å². The third kappa shape index (κ3) is 5.78. The number of carboxylic acid groups (broad SMARTS) is 1. The van der Waals surface area contributed by atoms with Gasteiger partial charge in [-0.15, -0.1) is 0 Å². The second-order valence-corrected chi connectivity index (χ2v) is 12.1. The summed E-state index contributed by atoms with van der Waals surface area (Å²) in [6.07, 6.45) is -0.607. The molecule has 0 aliphatic carbocycles. The average Bonchev–Trinajstić information content (AvgIpc) is 3.55. The summed E-state index contributed by atoms with van der Waals surface area (Å²) < 4.78 is 89.1. The Morgan fingerprint density at radius 3 is 2.41 bits per heavy atom. The molecule has 1 unspecified atom stereocenters. The van der Waals surface area contributed by atoms with Crippen LogP contribution in [0.2, 0.25) is 5.02 Å². The van der Waals surface area contributed by atoms with Gasteiger partial charge in [0, 0.05) is 28.0 Å². The van der Waals surface area contributed by atoms with Crippen molar-refractivity contribution in [3.05, 3.63) is 111 Å². The van der Waals surface area contributed by atoms with E-state index >= 15 is 17.6 Å². The van der Waals surface area contributed by atoms with Crippen molar-refractivity contribution >= 4 is 28.6 Å². The Morgan fingerprint density at radius 1 is 1.00 bits per heavy atom. The number of ether oxygens (including phenoxy) is 2. The molecular formula is C33H25ClF5N3O4. The molecule has 1 fully saturated rings. The summed E-state index contributed by atoms with van der Waals surface area (Å²) >= 11 is 5.87. The summed E-state index contributed by atoms with van der Waals surface area (Å²) in [5, 5.41) is 10.0. The fraction of sp³-hybridized carbons (Fsp3) is 0.242. The molecule has 3 aromatic carbocycles. The number of carbonyl (C=O) groups is 1. The van der Waals surface area contributed by atoms with Crippen molar-refractivity contribution < 1.29 is 41.3 Å². The maximum atomic E-state index is 15.7. The molecule has 238 valence electrons. The number of hydrogen-bond acceptors (Lipinski definition) is 5. The number of nitrogens with zero attached hydrogens (tertiary/aromatic N) is 3. The van der Waals surface area contributed by atoms with Crippen molar-refractivity contribution in [1.82, 2.24) is 14.5 Å². The highest BCUT2D eigenvalue weighted by molar-refractivity contribution is 6.30. The molecule has 1 aliphatic rings. The first kappa shape index (κ1) is 31.4. The van der Waals surface area contributed by atoms with Crippen LogP contribution in [-0.4, -0.2) is 38.8 Å². The van der Waals surface area contributed by atoms with Gasteiger partial charge in [0.1, 0.15) is 23.8 Å². The molecule has 0 bridgehead atoms. The molecular weight excluding hydrogens is 633 g/mol. The van der Waals surface area contributed by atoms with Gasteiger partial charge in [-0.1, -0.05) is 37.6 Å². The minimum absolute atomic E-state index is 0.0252. The molecule has 13 heteroatoms. The lowest BCUT2D eigenvalue weighted by atomic mass is 9.87. The standard InChI is InChI=1S/C33H25ClF5N3O4/c1-33(2)15-45-14-26(33)42-25-10-17(32(43)44)9-23(37)30(25)41-27(42)12-19-22(36)11-20(29(39)28(19)38)24-8-7-21(35)31(40-24)46-13-16-3-5-18(34)6-4-16/h3-11,26H,12-15H2,1-2H3,(H,43,44). The largest absolute Gasteiger partial charge is 0.478 e. The van der Waals surface area contributed by atoms with Crippen LogP contribution >= 0.6 is 11.6 Å². The fourth-order valence-electron chi connectivity index (χ4n) is 5.52. The summed E-state index contributed by atoms with van der Waals surface area (Å²) in [5.74, 6) is -7.87. The van der Waals surface area contributed by atoms with Gasteiger partial charge < -0.3 is 19.1 Å². The Labute approximate surface area is 264 Å². The molecule has 0 spiro atoms. The van der Waals surface area contributed by atoms with E-state index in [2.05, 4.69) is 9.97 Å². The van der Waals surface area contributed by atoms with Crippen LogP contribution in [-0.2, 0) is 17.8 Å². The van der Waals surface area contributed by atoms with Crippen molar-refractivity contribution in [2.24, 2.45) is 5.41 Å². The molecule has 5 aromatic rings. The first-order valence-corrected chi connectivity index (χ1v) is 14.4. The molecule has 0 radical (unpaired) electrons. The summed E-state index contributed by atoms with van der Waals surface area (Å²) in [6.45, 7) is 4.08. The molecule has 0 saturated carbocycles. The number of aromatic nitrogens is 3. The number of imidazole rings is 1. The third-order valence-corrected chi connectivity index (χ3v) is 8.25. The van der Waals surface area contributed by atoms with Crippen molar-refractivity contribution in [3.63, 3.8) is 0 Å². The van der Waals surface area contributed by atoms with Crippen molar-refractivity contribution in [2.75, 3.05) is 13.2 Å². The van der Waals surface area contributed by atoms with E-state index in [4.69, 9.17) is 21.1 Å². The first-order valence-electron chi connectivity index (χ1n) is 14.1. The smallest absolute Gasteiger partial charge is 0.335 e. The number of halogens is 6. The Bertz CT molecular complexity index is 2000. The molecule has 3 heterocycles. The van der Waals surface area contributed by atoms with E-state index in [1.54, 1.807) is 24.3 Å². The molecule has 7 nitrogen and oxygen atoms in total. The lowest BCUT2D eigenvalue weighted by Crippen LogP contribution is -2.27. The van der Waals surface area contributed by atoms with Crippen LogP contribution in [0.4, 0.5) is 22.0 Å². The van der Waals surface area contributed by atoms with Crippen LogP contribution in [0.15, 0.2) is 54.6 Å². The van der Waals surface area contributed by atoms with E-state index in [0.717, 1.165) is 24.3 Å². The maximum absolute atomic E-state index is 15.7. The number of hydrogen-bond donors (Lipinski definition) is 1. The normalized spacial score (nSPS) is 15.9. The predicted octanol–water partition coefficient (Wildman–Crippen LogP) is 7.91. The highest BCUT2D eigenvalue weighted by Crippen LogP contribution is 2.41. The van der Waals surface area contributed by atoms with Crippen LogP contribution in [0.5, 0.6) is 5.88 Å². The topological polar surface area (TPSA) is 86.5 Å². The van der Waals surface area contributed by atoms with Gasteiger partial charge in [-0.2, -0.15) is 0 Å². The Kier molecular flexibility index (Phi) is 8.20. The maximum Gasteiger partial charge on any atom is 0.335 e. The monoisotopic (exact) mass is 657 g/mol. The number of carboxylic acids is 1. The Balaban J connectivity index is 1.39. The van der Waals surface area contributed by atoms with Crippen LogP contribution in [0, 0.1) is 34.5 Å². The van der Waals surface area contributed by atoms with Gasteiger partial charge in [-0.05, 0) is 48.0 Å². The van der Waals surface area contributed by atoms with Gasteiger partial charge in [0.25, 0.3) is 5.88 Å². The van der Waals surface area contributed by atoms with Crippen LogP contribution < -0.4 is 4.74 Å².